The highest BCUT2D eigenvalue weighted by atomic mass is 35.5. The molecule has 0 saturated carbocycles. The molecule has 0 aromatic heterocycles. The second-order valence-corrected chi connectivity index (χ2v) is 3.93. The van der Waals surface area contributed by atoms with Gasteiger partial charge < -0.3 is 5.32 Å². The Bertz CT molecular complexity index is 170. The van der Waals surface area contributed by atoms with Crippen LogP contribution >= 0.6 is 11.6 Å². The summed E-state index contributed by atoms with van der Waals surface area (Å²) in [7, 11) is 0. The fraction of sp³-hybridized carbons (Fsp3) is 0.800. The summed E-state index contributed by atoms with van der Waals surface area (Å²) in [6.45, 7) is 7.68. The van der Waals surface area contributed by atoms with Gasteiger partial charge in [0.15, 0.2) is 0 Å². The average Bonchev–Trinajstić information content (AvgIpc) is 2.17. The summed E-state index contributed by atoms with van der Waals surface area (Å²) in [4.78, 5) is 2.46. The molecule has 2 unspecified atom stereocenters. The average molecular weight is 203 g/mol. The van der Waals surface area contributed by atoms with Gasteiger partial charge in [0.2, 0.25) is 0 Å². The van der Waals surface area contributed by atoms with Crippen molar-refractivity contribution in [3.8, 4) is 0 Å². The van der Waals surface area contributed by atoms with Crippen molar-refractivity contribution in [2.75, 3.05) is 19.6 Å². The van der Waals surface area contributed by atoms with E-state index < -0.39 is 0 Å². The Morgan fingerprint density at radius 2 is 2.38 bits per heavy atom. The first-order valence-electron chi connectivity index (χ1n) is 5.00. The molecular formula is C10H19ClN2. The number of halogens is 1. The molecule has 1 aliphatic heterocycles. The Balaban J connectivity index is 2.40. The summed E-state index contributed by atoms with van der Waals surface area (Å²) in [6, 6.07) is 1.27. The van der Waals surface area contributed by atoms with Gasteiger partial charge in [0.1, 0.15) is 0 Å². The Hall–Kier alpha value is -0.0500. The predicted octanol–water partition coefficient (Wildman–Crippen LogP) is 1.81. The molecule has 2 atom stereocenters. The molecule has 0 aromatic rings. The number of nitrogens with zero attached hydrogens (tertiary/aromatic N) is 1. The zero-order valence-electron chi connectivity index (χ0n) is 8.46. The Morgan fingerprint density at radius 3 is 3.00 bits per heavy atom. The molecule has 3 heteroatoms. The Labute approximate surface area is 85.9 Å². The minimum atomic E-state index is 0.621. The standard InChI is InChI=1S/C10H19ClN2/c1-3-10-8-13(6-4-5-11)9(2)7-12-10/h4-5,9-10,12H,3,6-8H2,1-2H3/b5-4+. The van der Waals surface area contributed by atoms with E-state index in [4.69, 9.17) is 11.6 Å². The molecule has 2 nitrogen and oxygen atoms in total. The van der Waals surface area contributed by atoms with E-state index in [0.717, 1.165) is 19.6 Å². The summed E-state index contributed by atoms with van der Waals surface area (Å²) < 4.78 is 0. The summed E-state index contributed by atoms with van der Waals surface area (Å²) in [5.41, 5.74) is 1.61. The molecule has 0 bridgehead atoms. The number of piperazine rings is 1. The van der Waals surface area contributed by atoms with Crippen molar-refractivity contribution in [2.45, 2.75) is 32.4 Å². The lowest BCUT2D eigenvalue weighted by Gasteiger charge is -2.37. The molecule has 1 aliphatic rings. The van der Waals surface area contributed by atoms with Crippen LogP contribution in [0, 0.1) is 0 Å². The van der Waals surface area contributed by atoms with E-state index >= 15 is 0 Å². The molecule has 0 aliphatic carbocycles. The van der Waals surface area contributed by atoms with Crippen LogP contribution in [0.25, 0.3) is 0 Å². The highest BCUT2D eigenvalue weighted by Gasteiger charge is 2.22. The second-order valence-electron chi connectivity index (χ2n) is 3.68. The molecule has 1 N–H and O–H groups in total. The fourth-order valence-electron chi connectivity index (χ4n) is 1.70. The predicted molar refractivity (Wildman–Crippen MR) is 58.1 cm³/mol. The van der Waals surface area contributed by atoms with E-state index in [1.54, 1.807) is 5.54 Å². The zero-order valence-corrected chi connectivity index (χ0v) is 9.22. The van der Waals surface area contributed by atoms with Crippen molar-refractivity contribution in [1.82, 2.24) is 10.2 Å². The molecule has 13 heavy (non-hydrogen) atoms. The quantitative estimate of drug-likeness (QED) is 0.751. The van der Waals surface area contributed by atoms with Crippen molar-refractivity contribution in [2.24, 2.45) is 0 Å². The molecule has 1 saturated heterocycles. The SMILES string of the molecule is CCC1CN(C/C=C/Cl)C(C)CN1. The molecule has 0 aromatic carbocycles. The minimum absolute atomic E-state index is 0.621. The maximum Gasteiger partial charge on any atom is 0.0196 e. The van der Waals surface area contributed by atoms with Crippen molar-refractivity contribution in [3.63, 3.8) is 0 Å². The maximum absolute atomic E-state index is 5.52. The first-order valence-corrected chi connectivity index (χ1v) is 5.44. The van der Waals surface area contributed by atoms with Gasteiger partial charge in [-0.15, -0.1) is 0 Å². The van der Waals surface area contributed by atoms with Crippen LogP contribution in [-0.2, 0) is 0 Å². The zero-order chi connectivity index (χ0) is 9.68. The molecule has 1 heterocycles. The summed E-state index contributed by atoms with van der Waals surface area (Å²) >= 11 is 5.52. The lowest BCUT2D eigenvalue weighted by atomic mass is 10.1. The van der Waals surface area contributed by atoms with Crippen molar-refractivity contribution >= 4 is 11.6 Å². The van der Waals surface area contributed by atoms with Gasteiger partial charge in [-0.3, -0.25) is 4.90 Å². The van der Waals surface area contributed by atoms with Crippen LogP contribution < -0.4 is 5.32 Å². The van der Waals surface area contributed by atoms with Gasteiger partial charge in [-0.05, 0) is 13.3 Å². The Morgan fingerprint density at radius 1 is 1.62 bits per heavy atom. The van der Waals surface area contributed by atoms with E-state index in [1.165, 1.54) is 6.42 Å². The minimum Gasteiger partial charge on any atom is -0.311 e. The van der Waals surface area contributed by atoms with E-state index in [-0.39, 0.29) is 0 Å². The number of rotatable bonds is 3. The number of hydrogen-bond acceptors (Lipinski definition) is 2. The second kappa shape index (κ2) is 5.63. The van der Waals surface area contributed by atoms with Gasteiger partial charge in [-0.1, -0.05) is 24.6 Å². The third kappa shape index (κ3) is 3.29. The van der Waals surface area contributed by atoms with E-state index in [2.05, 4.69) is 24.1 Å². The largest absolute Gasteiger partial charge is 0.311 e. The number of nitrogens with one attached hydrogen (secondary N) is 1. The molecule has 0 amide bonds. The maximum atomic E-state index is 5.52. The van der Waals surface area contributed by atoms with Gasteiger partial charge in [0, 0.05) is 37.3 Å². The first kappa shape index (κ1) is 11.0. The van der Waals surface area contributed by atoms with Gasteiger partial charge in [0.25, 0.3) is 0 Å². The first-order chi connectivity index (χ1) is 6.27. The lowest BCUT2D eigenvalue weighted by molar-refractivity contribution is 0.154. The van der Waals surface area contributed by atoms with Crippen LogP contribution in [0.3, 0.4) is 0 Å². The third-order valence-electron chi connectivity index (χ3n) is 2.70. The topological polar surface area (TPSA) is 15.3 Å². The van der Waals surface area contributed by atoms with Crippen LogP contribution in [-0.4, -0.2) is 36.6 Å². The van der Waals surface area contributed by atoms with Gasteiger partial charge >= 0.3 is 0 Å². The van der Waals surface area contributed by atoms with Crippen molar-refractivity contribution in [3.05, 3.63) is 11.6 Å². The molecule has 1 rings (SSSR count). The monoisotopic (exact) mass is 202 g/mol. The van der Waals surface area contributed by atoms with E-state index in [0.29, 0.717) is 12.1 Å². The van der Waals surface area contributed by atoms with Crippen LogP contribution in [0.15, 0.2) is 11.6 Å². The summed E-state index contributed by atoms with van der Waals surface area (Å²) in [5, 5.41) is 3.53. The highest BCUT2D eigenvalue weighted by molar-refractivity contribution is 6.25. The number of hydrogen-bond donors (Lipinski definition) is 1. The van der Waals surface area contributed by atoms with Gasteiger partial charge in [-0.2, -0.15) is 0 Å². The molecule has 0 radical (unpaired) electrons. The normalized spacial score (nSPS) is 31.3. The van der Waals surface area contributed by atoms with Crippen molar-refractivity contribution < 1.29 is 0 Å². The lowest BCUT2D eigenvalue weighted by Crippen LogP contribution is -2.55. The van der Waals surface area contributed by atoms with Crippen LogP contribution in [0.5, 0.6) is 0 Å². The highest BCUT2D eigenvalue weighted by Crippen LogP contribution is 2.08. The van der Waals surface area contributed by atoms with Gasteiger partial charge in [-0.25, -0.2) is 0 Å². The van der Waals surface area contributed by atoms with Crippen LogP contribution in [0.1, 0.15) is 20.3 Å². The summed E-state index contributed by atoms with van der Waals surface area (Å²) in [5.74, 6) is 0. The van der Waals surface area contributed by atoms with Crippen molar-refractivity contribution in [1.29, 1.82) is 0 Å². The van der Waals surface area contributed by atoms with Crippen LogP contribution in [0.4, 0.5) is 0 Å². The third-order valence-corrected chi connectivity index (χ3v) is 2.88. The summed E-state index contributed by atoms with van der Waals surface area (Å²) in [6.07, 6.45) is 3.21. The van der Waals surface area contributed by atoms with E-state index in [9.17, 15) is 0 Å². The molecule has 0 spiro atoms. The molecule has 1 fully saturated rings. The smallest absolute Gasteiger partial charge is 0.0196 e. The Kier molecular flexibility index (Phi) is 4.78. The van der Waals surface area contributed by atoms with E-state index in [1.807, 2.05) is 6.08 Å². The fourth-order valence-corrected chi connectivity index (χ4v) is 1.78. The molecule has 76 valence electrons. The molecular weight excluding hydrogens is 184 g/mol. The van der Waals surface area contributed by atoms with Gasteiger partial charge in [0.05, 0.1) is 0 Å². The van der Waals surface area contributed by atoms with Crippen LogP contribution in [0.2, 0.25) is 0 Å².